The third-order valence-corrected chi connectivity index (χ3v) is 9.61. The Bertz CT molecular complexity index is 924. The van der Waals surface area contributed by atoms with Gasteiger partial charge in [0.1, 0.15) is 0 Å². The minimum absolute atomic E-state index is 0.104. The monoisotopic (exact) mass is 492 g/mol. The van der Waals surface area contributed by atoms with Crippen molar-refractivity contribution >= 4 is 27.9 Å². The van der Waals surface area contributed by atoms with Gasteiger partial charge >= 0.3 is 0 Å². The van der Waals surface area contributed by atoms with E-state index in [1.54, 1.807) is 0 Å². The molecule has 0 bridgehead atoms. The van der Waals surface area contributed by atoms with E-state index in [1.807, 2.05) is 0 Å². The number of hydrogen-bond acceptors (Lipinski definition) is 2. The Balaban J connectivity index is 2.36. The number of rotatable bonds is 5. The van der Waals surface area contributed by atoms with E-state index in [9.17, 15) is 0 Å². The van der Waals surface area contributed by atoms with E-state index >= 15 is 0 Å². The molecule has 0 aliphatic carbocycles. The van der Waals surface area contributed by atoms with Gasteiger partial charge in [0, 0.05) is 17.5 Å². The molecule has 0 atom stereocenters. The Morgan fingerprint density at radius 2 is 0.735 bits per heavy atom. The maximum Gasteiger partial charge on any atom is 0.0166 e. The lowest BCUT2D eigenvalue weighted by atomic mass is 10.1. The molecule has 0 spiro atoms. The molecule has 0 saturated carbocycles. The minimum Gasteiger partial charge on any atom is -0.476 e. The Morgan fingerprint density at radius 3 is 0.941 bits per heavy atom. The van der Waals surface area contributed by atoms with Crippen molar-refractivity contribution < 1.29 is 0 Å². The van der Waals surface area contributed by atoms with Crippen LogP contribution in [0.1, 0.15) is 83.1 Å². The number of benzene rings is 2. The lowest BCUT2D eigenvalue weighted by Gasteiger charge is -2.35. The highest BCUT2D eigenvalue weighted by molar-refractivity contribution is 6.68. The fraction of sp³-hybridized carbons (Fsp3) is 0.571. The zero-order valence-electron chi connectivity index (χ0n) is 23.4. The van der Waals surface area contributed by atoms with Crippen LogP contribution >= 0.6 is 0 Å². The number of nitrogens with zero attached hydrogens (tertiary/aromatic N) is 4. The molecule has 4 nitrogen and oxygen atoms in total. The third kappa shape index (κ3) is 10.1. The van der Waals surface area contributed by atoms with E-state index in [2.05, 4.69) is 132 Å². The zero-order valence-corrected chi connectivity index (χ0v) is 25.4. The van der Waals surface area contributed by atoms with E-state index in [4.69, 9.17) is 19.2 Å². The first-order valence-electron chi connectivity index (χ1n) is 12.2. The molecule has 2 aromatic carbocycles. The highest BCUT2D eigenvalue weighted by atomic mass is 28.3. The first kappa shape index (κ1) is 28.3. The molecule has 0 unspecified atom stereocenters. The van der Waals surface area contributed by atoms with Gasteiger partial charge in [-0.2, -0.15) is 0 Å². The summed E-state index contributed by atoms with van der Waals surface area (Å²) in [6, 6.07) is 17.7. The molecule has 0 aliphatic rings. The van der Waals surface area contributed by atoms with Gasteiger partial charge in [0.25, 0.3) is 0 Å². The van der Waals surface area contributed by atoms with Gasteiger partial charge in [0.05, 0.1) is 0 Å². The topological polar surface area (TPSA) is 52.9 Å². The zero-order chi connectivity index (χ0) is 25.9. The maximum atomic E-state index is 5.07. The molecule has 0 heterocycles. The van der Waals surface area contributed by atoms with Crippen LogP contribution in [0.25, 0.3) is 21.1 Å². The van der Waals surface area contributed by atoms with Crippen LogP contribution in [0.15, 0.2) is 57.8 Å². The van der Waals surface area contributed by atoms with Gasteiger partial charge in [0.15, 0.2) is 0 Å². The summed E-state index contributed by atoms with van der Waals surface area (Å²) in [6.45, 7) is 25.8. The summed E-state index contributed by atoms with van der Waals surface area (Å²) in [6.07, 6.45) is 0. The van der Waals surface area contributed by atoms with Crippen molar-refractivity contribution in [3.8, 4) is 11.1 Å². The summed E-state index contributed by atoms with van der Waals surface area (Å²) in [4.78, 5) is 10.1. The molecule has 2 rings (SSSR count). The molecule has 2 aromatic rings. The van der Waals surface area contributed by atoms with Gasteiger partial charge in [-0.15, -0.1) is 0 Å². The predicted octanol–water partition coefficient (Wildman–Crippen LogP) is 7.22. The second kappa shape index (κ2) is 10.4. The van der Waals surface area contributed by atoms with Crippen LogP contribution in [0.4, 0.5) is 0 Å². The minimum atomic E-state index is -1.36. The summed E-state index contributed by atoms with van der Waals surface area (Å²) < 4.78 is 10.1. The van der Waals surface area contributed by atoms with E-state index < -0.39 is 17.5 Å². The van der Waals surface area contributed by atoms with Crippen molar-refractivity contribution in [2.75, 3.05) is 0 Å². The molecule has 0 aliphatic heterocycles. The van der Waals surface area contributed by atoms with Crippen LogP contribution in [-0.2, 0) is 0 Å². The van der Waals surface area contributed by atoms with Gasteiger partial charge in [0.2, 0.25) is 0 Å². The van der Waals surface area contributed by atoms with Crippen LogP contribution in [0.2, 0.25) is 0 Å². The summed E-state index contributed by atoms with van der Waals surface area (Å²) in [7, 11) is -2.72. The SMILES string of the molecule is CC(C)(C)N=[Si]([N-]C(C)(C)C)c1ccc(-c2ccc([Si](=NC(C)(C)C)[N-]C(C)(C)C)cc2)cc1. The van der Waals surface area contributed by atoms with Gasteiger partial charge in [-0.3, -0.25) is 0 Å². The molecular weight excluding hydrogens is 449 g/mol. The summed E-state index contributed by atoms with van der Waals surface area (Å²) in [5.74, 6) is 0. The van der Waals surface area contributed by atoms with E-state index in [0.29, 0.717) is 0 Å². The highest BCUT2D eigenvalue weighted by Gasteiger charge is 2.12. The van der Waals surface area contributed by atoms with Crippen molar-refractivity contribution in [2.24, 2.45) is 9.27 Å². The second-order valence-electron chi connectivity index (χ2n) is 12.9. The second-order valence-corrected chi connectivity index (χ2v) is 16.3. The Morgan fingerprint density at radius 1 is 0.471 bits per heavy atom. The van der Waals surface area contributed by atoms with Gasteiger partial charge < -0.3 is 19.2 Å². The molecule has 0 fully saturated rings. The van der Waals surface area contributed by atoms with Crippen LogP contribution in [0, 0.1) is 0 Å². The van der Waals surface area contributed by atoms with E-state index in [0.717, 1.165) is 0 Å². The molecule has 0 N–H and O–H groups in total. The normalized spacial score (nSPS) is 14.2. The highest BCUT2D eigenvalue weighted by Crippen LogP contribution is 2.22. The van der Waals surface area contributed by atoms with Crippen molar-refractivity contribution in [3.63, 3.8) is 0 Å². The Labute approximate surface area is 211 Å². The number of hydrogen-bond donors (Lipinski definition) is 0. The predicted molar refractivity (Wildman–Crippen MR) is 153 cm³/mol. The maximum absolute atomic E-state index is 5.07. The lowest BCUT2D eigenvalue weighted by Crippen LogP contribution is -2.31. The fourth-order valence-electron chi connectivity index (χ4n) is 3.20. The van der Waals surface area contributed by atoms with Crippen molar-refractivity contribution in [3.05, 3.63) is 58.5 Å². The van der Waals surface area contributed by atoms with Crippen molar-refractivity contribution in [1.82, 2.24) is 0 Å². The van der Waals surface area contributed by atoms with Crippen molar-refractivity contribution in [2.45, 2.75) is 105 Å². The van der Waals surface area contributed by atoms with Crippen molar-refractivity contribution in [1.29, 1.82) is 0 Å². The van der Waals surface area contributed by atoms with Gasteiger partial charge in [-0.05, 0) is 43.7 Å². The molecule has 34 heavy (non-hydrogen) atoms. The van der Waals surface area contributed by atoms with Crippen LogP contribution in [0.5, 0.6) is 0 Å². The molecule has 0 radical (unpaired) electrons. The van der Waals surface area contributed by atoms with Crippen LogP contribution < -0.4 is 10.4 Å². The Hall–Kier alpha value is -1.93. The van der Waals surface area contributed by atoms with Crippen LogP contribution in [0.3, 0.4) is 0 Å². The molecule has 186 valence electrons. The fourth-order valence-corrected chi connectivity index (χ4v) is 7.29. The quantitative estimate of drug-likeness (QED) is 0.396. The molecule has 0 saturated heterocycles. The van der Waals surface area contributed by atoms with Gasteiger partial charge in [-0.25, -0.2) is 0 Å². The molecular formula is C28H44N4Si2-2. The average molecular weight is 493 g/mol. The lowest BCUT2D eigenvalue weighted by molar-refractivity contribution is 0.585. The molecule has 0 amide bonds. The smallest absolute Gasteiger partial charge is 0.0166 e. The summed E-state index contributed by atoms with van der Waals surface area (Å²) in [5.41, 5.74) is 2.00. The molecule has 6 heteroatoms. The van der Waals surface area contributed by atoms with Crippen LogP contribution in [-0.4, -0.2) is 39.7 Å². The summed E-state index contributed by atoms with van der Waals surface area (Å²) in [5, 5.41) is 2.46. The average Bonchev–Trinajstić information content (AvgIpc) is 2.63. The largest absolute Gasteiger partial charge is 0.476 e. The third-order valence-electron chi connectivity index (χ3n) is 4.38. The Kier molecular flexibility index (Phi) is 8.63. The first-order valence-corrected chi connectivity index (χ1v) is 15.0. The first-order chi connectivity index (χ1) is 15.3. The van der Waals surface area contributed by atoms with E-state index in [-0.39, 0.29) is 22.2 Å². The van der Waals surface area contributed by atoms with E-state index in [1.165, 1.54) is 21.5 Å². The van der Waals surface area contributed by atoms with Gasteiger partial charge in [-0.1, -0.05) is 132 Å². The molecule has 0 aromatic heterocycles. The standard InChI is InChI=1S/C28H44N4Si2/c1-25(2,3)29-33(30-26(4,5)6)23-17-13-21(14-18-23)22-15-19-24(20-16-22)34(31-27(7,8)9)32-28(10,11)12/h13-20H,1-12H3/q-2. The summed E-state index contributed by atoms with van der Waals surface area (Å²) >= 11 is 0.